The van der Waals surface area contributed by atoms with Crippen LogP contribution in [0.1, 0.15) is 45.4 Å². The Balaban J connectivity index is 0.000000509. The zero-order chi connectivity index (χ0) is 14.1. The molecule has 0 bridgehead atoms. The first kappa shape index (κ1) is 16.4. The van der Waals surface area contributed by atoms with Crippen molar-refractivity contribution >= 4 is 10.9 Å². The van der Waals surface area contributed by atoms with E-state index in [9.17, 15) is 5.11 Å². The van der Waals surface area contributed by atoms with Gasteiger partial charge in [0.2, 0.25) is 0 Å². The van der Waals surface area contributed by atoms with Crippen molar-refractivity contribution in [3.63, 3.8) is 0 Å². The highest BCUT2D eigenvalue weighted by atomic mass is 16.3. The largest absolute Gasteiger partial charge is 0.506 e. The van der Waals surface area contributed by atoms with E-state index >= 15 is 0 Å². The Morgan fingerprint density at radius 3 is 2.22 bits per heavy atom. The van der Waals surface area contributed by atoms with Crippen LogP contribution in [0.4, 0.5) is 0 Å². The van der Waals surface area contributed by atoms with E-state index in [4.69, 9.17) is 0 Å². The van der Waals surface area contributed by atoms with Gasteiger partial charge in [0.05, 0.1) is 0 Å². The molecule has 0 saturated carbocycles. The van der Waals surface area contributed by atoms with E-state index in [0.29, 0.717) is 5.52 Å². The van der Waals surface area contributed by atoms with Crippen LogP contribution in [0.5, 0.6) is 5.75 Å². The molecule has 0 spiro atoms. The molecule has 1 aromatic heterocycles. The van der Waals surface area contributed by atoms with Gasteiger partial charge in [-0.3, -0.25) is 0 Å². The van der Waals surface area contributed by atoms with Gasteiger partial charge in [-0.15, -0.1) is 0 Å². The average Bonchev–Trinajstić information content (AvgIpc) is 2.34. The molecule has 2 nitrogen and oxygen atoms in total. The maximum Gasteiger partial charge on any atom is 0.141 e. The van der Waals surface area contributed by atoms with Gasteiger partial charge in [-0.2, -0.15) is 0 Å². The fraction of sp³-hybridized carbons (Fsp3) is 0.438. The summed E-state index contributed by atoms with van der Waals surface area (Å²) in [6.07, 6.45) is 1.25. The minimum atomic E-state index is 0.254. The summed E-state index contributed by atoms with van der Waals surface area (Å²) in [5, 5.41) is 10.6. The number of hydrogen-bond donors (Lipinski definition) is 1. The third-order valence-corrected chi connectivity index (χ3v) is 2.15. The van der Waals surface area contributed by atoms with Gasteiger partial charge in [-0.25, -0.2) is 4.98 Å². The van der Waals surface area contributed by atoms with Gasteiger partial charge >= 0.3 is 0 Å². The number of para-hydroxylation sites is 1. The molecule has 2 rings (SSSR count). The second-order valence-corrected chi connectivity index (χ2v) is 3.96. The fourth-order valence-electron chi connectivity index (χ4n) is 1.57. The molecule has 0 aliphatic carbocycles. The van der Waals surface area contributed by atoms with Gasteiger partial charge in [0, 0.05) is 11.1 Å². The molecule has 1 aromatic carbocycles. The van der Waals surface area contributed by atoms with Crippen molar-refractivity contribution in [1.29, 1.82) is 0 Å². The minimum Gasteiger partial charge on any atom is -0.506 e. The van der Waals surface area contributed by atoms with E-state index < -0.39 is 0 Å². The molecule has 0 saturated heterocycles. The topological polar surface area (TPSA) is 33.1 Å². The summed E-state index contributed by atoms with van der Waals surface area (Å²) in [4.78, 5) is 4.29. The summed E-state index contributed by atoms with van der Waals surface area (Å²) in [7, 11) is 0. The summed E-state index contributed by atoms with van der Waals surface area (Å²) in [5.41, 5.74) is 2.78. The second kappa shape index (κ2) is 8.51. The molecule has 0 amide bonds. The monoisotopic (exact) mass is 247 g/mol. The summed E-state index contributed by atoms with van der Waals surface area (Å²) in [6.45, 7) is 12.2. The van der Waals surface area contributed by atoms with Crippen molar-refractivity contribution in [2.24, 2.45) is 0 Å². The van der Waals surface area contributed by atoms with E-state index in [-0.39, 0.29) is 5.75 Å². The quantitative estimate of drug-likeness (QED) is 0.710. The Bertz CT molecular complexity index is 478. The molecular weight excluding hydrogens is 222 g/mol. The number of hydrogen-bond acceptors (Lipinski definition) is 2. The summed E-state index contributed by atoms with van der Waals surface area (Å²) in [6, 6.07) is 7.48. The molecular formula is C16H25NO. The van der Waals surface area contributed by atoms with Crippen molar-refractivity contribution in [2.45, 2.75) is 48.0 Å². The predicted molar refractivity (Wildman–Crippen MR) is 80.2 cm³/mol. The lowest BCUT2D eigenvalue weighted by molar-refractivity contribution is 0.480. The zero-order valence-corrected chi connectivity index (χ0v) is 12.4. The number of benzene rings is 1. The first-order chi connectivity index (χ1) is 8.60. The lowest BCUT2D eigenvalue weighted by Gasteiger charge is -2.04. The Labute approximate surface area is 111 Å². The Morgan fingerprint density at radius 2 is 1.67 bits per heavy atom. The molecule has 2 heteroatoms. The van der Waals surface area contributed by atoms with Gasteiger partial charge in [-0.1, -0.05) is 46.2 Å². The third kappa shape index (κ3) is 4.36. The van der Waals surface area contributed by atoms with Crippen LogP contribution in [0, 0.1) is 13.8 Å². The van der Waals surface area contributed by atoms with E-state index in [1.165, 1.54) is 6.42 Å². The molecule has 0 aliphatic heterocycles. The Morgan fingerprint density at radius 1 is 1.11 bits per heavy atom. The van der Waals surface area contributed by atoms with Crippen LogP contribution in [0.25, 0.3) is 10.9 Å². The maximum absolute atomic E-state index is 9.56. The number of aryl methyl sites for hydroxylation is 2. The molecule has 0 atom stereocenters. The molecule has 1 N–H and O–H groups in total. The molecule has 2 aromatic rings. The number of rotatable bonds is 0. The first-order valence-electron chi connectivity index (χ1n) is 6.66. The van der Waals surface area contributed by atoms with Gasteiger partial charge in [0.15, 0.2) is 0 Å². The van der Waals surface area contributed by atoms with E-state index in [1.54, 1.807) is 6.07 Å². The number of aromatic hydroxyl groups is 1. The highest BCUT2D eigenvalue weighted by Crippen LogP contribution is 2.24. The average molecular weight is 247 g/mol. The molecule has 0 unspecified atom stereocenters. The summed E-state index contributed by atoms with van der Waals surface area (Å²) >= 11 is 0. The first-order valence-corrected chi connectivity index (χ1v) is 6.66. The van der Waals surface area contributed by atoms with E-state index in [2.05, 4.69) is 18.8 Å². The van der Waals surface area contributed by atoms with Gasteiger partial charge < -0.3 is 5.11 Å². The highest BCUT2D eigenvalue weighted by Gasteiger charge is 2.03. The normalized spacial score (nSPS) is 9.00. The fourth-order valence-corrected chi connectivity index (χ4v) is 1.57. The van der Waals surface area contributed by atoms with Crippen molar-refractivity contribution in [3.05, 3.63) is 35.5 Å². The second-order valence-electron chi connectivity index (χ2n) is 3.96. The lowest BCUT2D eigenvalue weighted by atomic mass is 10.1. The van der Waals surface area contributed by atoms with Gasteiger partial charge in [0.1, 0.15) is 11.3 Å². The van der Waals surface area contributed by atoms with E-state index in [1.807, 2.05) is 45.9 Å². The van der Waals surface area contributed by atoms with Crippen molar-refractivity contribution in [1.82, 2.24) is 4.98 Å². The van der Waals surface area contributed by atoms with Crippen LogP contribution in [-0.2, 0) is 0 Å². The van der Waals surface area contributed by atoms with Gasteiger partial charge in [0.25, 0.3) is 0 Å². The maximum atomic E-state index is 9.56. The predicted octanol–water partition coefficient (Wildman–Crippen LogP) is 5.00. The van der Waals surface area contributed by atoms with Crippen LogP contribution < -0.4 is 0 Å². The van der Waals surface area contributed by atoms with Crippen LogP contribution in [0.2, 0.25) is 0 Å². The number of nitrogens with zero attached hydrogens (tertiary/aromatic N) is 1. The smallest absolute Gasteiger partial charge is 0.141 e. The van der Waals surface area contributed by atoms with Crippen molar-refractivity contribution in [2.75, 3.05) is 0 Å². The van der Waals surface area contributed by atoms with Crippen molar-refractivity contribution < 1.29 is 5.11 Å². The summed E-state index contributed by atoms with van der Waals surface area (Å²) < 4.78 is 0. The molecule has 0 aliphatic rings. The minimum absolute atomic E-state index is 0.254. The van der Waals surface area contributed by atoms with Crippen LogP contribution in [-0.4, -0.2) is 10.1 Å². The van der Waals surface area contributed by atoms with Crippen LogP contribution >= 0.6 is 0 Å². The van der Waals surface area contributed by atoms with E-state index in [0.717, 1.165) is 16.6 Å². The number of aromatic nitrogens is 1. The SMILES string of the molecule is CC.CCC.Cc1cc(C)c2cccc(O)c2n1. The summed E-state index contributed by atoms with van der Waals surface area (Å²) in [5.74, 6) is 0.254. The molecule has 0 radical (unpaired) electrons. The molecule has 100 valence electrons. The number of phenolic OH excluding ortho intramolecular Hbond substituents is 1. The number of fused-ring (bicyclic) bond motifs is 1. The van der Waals surface area contributed by atoms with Crippen LogP contribution in [0.3, 0.4) is 0 Å². The lowest BCUT2D eigenvalue weighted by Crippen LogP contribution is -1.87. The zero-order valence-electron chi connectivity index (χ0n) is 12.4. The molecule has 0 fully saturated rings. The van der Waals surface area contributed by atoms with Gasteiger partial charge in [-0.05, 0) is 31.5 Å². The Kier molecular flexibility index (Phi) is 7.77. The number of phenols is 1. The van der Waals surface area contributed by atoms with Crippen molar-refractivity contribution in [3.8, 4) is 5.75 Å². The number of pyridine rings is 1. The molecule has 1 heterocycles. The Hall–Kier alpha value is -1.57. The third-order valence-electron chi connectivity index (χ3n) is 2.15. The standard InChI is InChI=1S/C11H11NO.C3H8.C2H6/c1-7-6-8(2)12-11-9(7)4-3-5-10(11)13;1-3-2;1-2/h3-6,13H,1-2H3;3H2,1-2H3;1-2H3. The van der Waals surface area contributed by atoms with Crippen LogP contribution in [0.15, 0.2) is 24.3 Å². The highest BCUT2D eigenvalue weighted by molar-refractivity contribution is 5.87. The molecule has 18 heavy (non-hydrogen) atoms.